The van der Waals surface area contributed by atoms with Crippen LogP contribution in [0.15, 0.2) is 18.3 Å². The van der Waals surface area contributed by atoms with Crippen molar-refractivity contribution in [1.82, 2.24) is 4.98 Å². The first-order valence-corrected chi connectivity index (χ1v) is 9.98. The Morgan fingerprint density at radius 1 is 1.07 bits per heavy atom. The van der Waals surface area contributed by atoms with E-state index in [-0.39, 0.29) is 16.9 Å². The molecule has 150 valence electrons. The summed E-state index contributed by atoms with van der Waals surface area (Å²) in [5.74, 6) is 3.90. The van der Waals surface area contributed by atoms with Crippen LogP contribution in [-0.4, -0.2) is 30.4 Å². The molecule has 0 N–H and O–H groups in total. The van der Waals surface area contributed by atoms with Gasteiger partial charge in [0.05, 0.1) is 18.9 Å². The van der Waals surface area contributed by atoms with Crippen molar-refractivity contribution in [3.05, 3.63) is 24.0 Å². The summed E-state index contributed by atoms with van der Waals surface area (Å²) in [6.45, 7) is 14.2. The number of pyridine rings is 1. The van der Waals surface area contributed by atoms with Crippen molar-refractivity contribution in [3.8, 4) is 17.8 Å². The van der Waals surface area contributed by atoms with E-state index in [2.05, 4.69) is 58.6 Å². The lowest BCUT2D eigenvalue weighted by atomic mass is 9.91. The van der Waals surface area contributed by atoms with Gasteiger partial charge >= 0.3 is 0 Å². The molecule has 0 atom stereocenters. The Morgan fingerprint density at radius 3 is 2.41 bits per heavy atom. The molecule has 0 aliphatic heterocycles. The molecule has 0 bridgehead atoms. The third-order valence-corrected chi connectivity index (χ3v) is 4.08. The summed E-state index contributed by atoms with van der Waals surface area (Å²) in [6, 6.07) is 4.04. The highest BCUT2D eigenvalue weighted by molar-refractivity contribution is 5.20. The van der Waals surface area contributed by atoms with Gasteiger partial charge in [0.2, 0.25) is 0 Å². The van der Waals surface area contributed by atoms with Crippen molar-refractivity contribution < 1.29 is 14.2 Å². The first-order valence-electron chi connectivity index (χ1n) is 9.98. The fourth-order valence-corrected chi connectivity index (χ4v) is 2.50. The third kappa shape index (κ3) is 9.15. The fourth-order valence-electron chi connectivity index (χ4n) is 2.50. The molecule has 0 radical (unpaired) electrons. The van der Waals surface area contributed by atoms with Crippen LogP contribution in [0.4, 0.5) is 0 Å². The SMILES string of the molecule is CC(C)(C)C#COCCCc1ccc(OC2CC(OCC(C)(C)C)C2)cn1. The number of hydrogen-bond acceptors (Lipinski definition) is 4. The van der Waals surface area contributed by atoms with Gasteiger partial charge in [-0.1, -0.05) is 26.7 Å². The van der Waals surface area contributed by atoms with E-state index in [1.807, 2.05) is 18.3 Å². The molecule has 4 nitrogen and oxygen atoms in total. The number of rotatable bonds is 8. The average Bonchev–Trinajstić information content (AvgIpc) is 2.52. The summed E-state index contributed by atoms with van der Waals surface area (Å²) in [4.78, 5) is 4.49. The van der Waals surface area contributed by atoms with Crippen LogP contribution in [0, 0.1) is 22.9 Å². The molecule has 0 aromatic carbocycles. The van der Waals surface area contributed by atoms with Gasteiger partial charge in [-0.25, -0.2) is 0 Å². The number of nitrogens with zero attached hydrogens (tertiary/aromatic N) is 1. The lowest BCUT2D eigenvalue weighted by molar-refractivity contribution is -0.0805. The molecule has 4 heteroatoms. The highest BCUT2D eigenvalue weighted by Gasteiger charge is 2.32. The first kappa shape index (κ1) is 21.6. The van der Waals surface area contributed by atoms with E-state index in [0.29, 0.717) is 12.7 Å². The molecule has 2 rings (SSSR count). The standard InChI is InChI=1S/C23H35NO3/c1-22(2,3)11-13-25-12-7-8-18-9-10-19(16-24-18)27-21-14-20(15-21)26-17-23(4,5)6/h9-10,16,20-21H,7-8,12,14-15,17H2,1-6H3. The molecule has 0 saturated heterocycles. The maximum absolute atomic E-state index is 5.97. The van der Waals surface area contributed by atoms with Gasteiger partial charge in [0.1, 0.15) is 24.6 Å². The van der Waals surface area contributed by atoms with Crippen molar-refractivity contribution >= 4 is 0 Å². The Hall–Kier alpha value is -1.73. The van der Waals surface area contributed by atoms with E-state index in [1.54, 1.807) is 0 Å². The summed E-state index contributed by atoms with van der Waals surface area (Å²) in [5, 5.41) is 0. The molecule has 0 spiro atoms. The van der Waals surface area contributed by atoms with Crippen molar-refractivity contribution in [2.24, 2.45) is 10.8 Å². The molecule has 1 fully saturated rings. The largest absolute Gasteiger partial charge is 0.489 e. The van der Waals surface area contributed by atoms with Gasteiger partial charge in [-0.2, -0.15) is 0 Å². The zero-order valence-corrected chi connectivity index (χ0v) is 17.8. The van der Waals surface area contributed by atoms with Crippen molar-refractivity contribution in [1.29, 1.82) is 0 Å². The van der Waals surface area contributed by atoms with Crippen LogP contribution in [0.25, 0.3) is 0 Å². The normalized spacial score (nSPS) is 19.6. The van der Waals surface area contributed by atoms with Crippen LogP contribution in [0.5, 0.6) is 5.75 Å². The van der Waals surface area contributed by atoms with E-state index >= 15 is 0 Å². The third-order valence-electron chi connectivity index (χ3n) is 4.08. The molecule has 0 amide bonds. The van der Waals surface area contributed by atoms with E-state index in [4.69, 9.17) is 14.2 Å². The van der Waals surface area contributed by atoms with Gasteiger partial charge in [-0.15, -0.1) is 0 Å². The quantitative estimate of drug-likeness (QED) is 0.474. The minimum atomic E-state index is -0.0173. The van der Waals surface area contributed by atoms with Gasteiger partial charge < -0.3 is 14.2 Å². The second-order valence-corrected chi connectivity index (χ2v) is 9.62. The Labute approximate surface area is 165 Å². The molecule has 1 aromatic rings. The summed E-state index contributed by atoms with van der Waals surface area (Å²) in [5.41, 5.74) is 1.25. The second kappa shape index (κ2) is 9.46. The van der Waals surface area contributed by atoms with Crippen LogP contribution in [0.2, 0.25) is 0 Å². The Morgan fingerprint density at radius 2 is 1.81 bits per heavy atom. The smallest absolute Gasteiger partial charge is 0.138 e. The number of hydrogen-bond donors (Lipinski definition) is 0. The molecule has 1 aliphatic carbocycles. The average molecular weight is 374 g/mol. The van der Waals surface area contributed by atoms with E-state index in [1.165, 1.54) is 0 Å². The van der Waals surface area contributed by atoms with E-state index < -0.39 is 0 Å². The summed E-state index contributed by atoms with van der Waals surface area (Å²) >= 11 is 0. The molecule has 1 aliphatic rings. The molecule has 1 heterocycles. The number of aromatic nitrogens is 1. The minimum absolute atomic E-state index is 0.0173. The van der Waals surface area contributed by atoms with E-state index in [0.717, 1.165) is 43.7 Å². The first-order chi connectivity index (χ1) is 12.6. The minimum Gasteiger partial charge on any atom is -0.489 e. The fraction of sp³-hybridized carbons (Fsp3) is 0.696. The van der Waals surface area contributed by atoms with E-state index in [9.17, 15) is 0 Å². The van der Waals surface area contributed by atoms with Crippen molar-refractivity contribution in [2.45, 2.75) is 79.4 Å². The summed E-state index contributed by atoms with van der Waals surface area (Å²) in [6.07, 6.45) is 8.89. The molecule has 1 aromatic heterocycles. The summed E-state index contributed by atoms with van der Waals surface area (Å²) in [7, 11) is 0. The highest BCUT2D eigenvalue weighted by Crippen LogP contribution is 2.29. The highest BCUT2D eigenvalue weighted by atomic mass is 16.5. The maximum atomic E-state index is 5.97. The predicted molar refractivity (Wildman–Crippen MR) is 109 cm³/mol. The van der Waals surface area contributed by atoms with Crippen LogP contribution < -0.4 is 4.74 Å². The van der Waals surface area contributed by atoms with Gasteiger partial charge in [0.25, 0.3) is 0 Å². The molecule has 1 saturated carbocycles. The lowest BCUT2D eigenvalue weighted by Gasteiger charge is -2.36. The molecule has 27 heavy (non-hydrogen) atoms. The Kier molecular flexibility index (Phi) is 7.56. The predicted octanol–water partition coefficient (Wildman–Crippen LogP) is 5.01. The zero-order valence-electron chi connectivity index (χ0n) is 17.8. The van der Waals surface area contributed by atoms with Gasteiger partial charge in [-0.3, -0.25) is 4.98 Å². The van der Waals surface area contributed by atoms with Crippen LogP contribution in [0.3, 0.4) is 0 Å². The van der Waals surface area contributed by atoms with Gasteiger partial charge in [0.15, 0.2) is 0 Å². The second-order valence-electron chi connectivity index (χ2n) is 9.62. The Bertz CT molecular complexity index is 623. The van der Waals surface area contributed by atoms with Gasteiger partial charge in [-0.05, 0) is 51.2 Å². The Balaban J connectivity index is 1.61. The number of aryl methyl sites for hydroxylation is 1. The molecular formula is C23H35NO3. The van der Waals surface area contributed by atoms with Crippen molar-refractivity contribution in [3.63, 3.8) is 0 Å². The number of ether oxygens (including phenoxy) is 3. The molecular weight excluding hydrogens is 338 g/mol. The zero-order chi connectivity index (χ0) is 19.9. The van der Waals surface area contributed by atoms with Crippen LogP contribution in [-0.2, 0) is 15.9 Å². The van der Waals surface area contributed by atoms with Gasteiger partial charge in [0, 0.05) is 24.0 Å². The topological polar surface area (TPSA) is 40.6 Å². The lowest BCUT2D eigenvalue weighted by Crippen LogP contribution is -2.40. The summed E-state index contributed by atoms with van der Waals surface area (Å²) < 4.78 is 17.2. The molecule has 0 unspecified atom stereocenters. The van der Waals surface area contributed by atoms with Crippen LogP contribution >= 0.6 is 0 Å². The van der Waals surface area contributed by atoms with Crippen molar-refractivity contribution in [2.75, 3.05) is 13.2 Å². The monoisotopic (exact) mass is 373 g/mol. The maximum Gasteiger partial charge on any atom is 0.138 e. The van der Waals surface area contributed by atoms with Crippen LogP contribution in [0.1, 0.15) is 66.5 Å².